The molecule has 0 aliphatic heterocycles. The van der Waals surface area contributed by atoms with E-state index in [1.54, 1.807) is 0 Å². The molecular weight excluding hydrogens is 224 g/mol. The zero-order valence-corrected chi connectivity index (χ0v) is 12.8. The Labute approximate surface area is 112 Å². The van der Waals surface area contributed by atoms with Crippen molar-refractivity contribution in [3.05, 3.63) is 0 Å². The lowest BCUT2D eigenvalue weighted by Gasteiger charge is -2.38. The third kappa shape index (κ3) is 3.07. The standard InChI is InChI=1S/C16H30O2/c1-6-13(7-2)16(11-9-10-12-16)18-14(17)15(4,5)8-3/h13H,6-12H2,1-5H3. The first-order valence-corrected chi connectivity index (χ1v) is 7.65. The van der Waals surface area contributed by atoms with Crippen molar-refractivity contribution in [2.75, 3.05) is 0 Å². The molecule has 1 aliphatic rings. The Balaban J connectivity index is 2.84. The molecule has 18 heavy (non-hydrogen) atoms. The minimum absolute atomic E-state index is 0.00111. The summed E-state index contributed by atoms with van der Waals surface area (Å²) < 4.78 is 6.06. The van der Waals surface area contributed by atoms with E-state index in [4.69, 9.17) is 4.74 Å². The van der Waals surface area contributed by atoms with Gasteiger partial charge >= 0.3 is 5.97 Å². The molecule has 0 saturated heterocycles. The maximum absolute atomic E-state index is 12.4. The number of hydrogen-bond donors (Lipinski definition) is 0. The molecule has 2 nitrogen and oxygen atoms in total. The molecule has 0 unspecified atom stereocenters. The molecule has 106 valence electrons. The molecule has 0 aromatic rings. The van der Waals surface area contributed by atoms with Crippen LogP contribution in [-0.2, 0) is 9.53 Å². The van der Waals surface area contributed by atoms with Crippen molar-refractivity contribution in [3.8, 4) is 0 Å². The highest BCUT2D eigenvalue weighted by atomic mass is 16.6. The third-order valence-electron chi connectivity index (χ3n) is 4.91. The Morgan fingerprint density at radius 1 is 1.17 bits per heavy atom. The van der Waals surface area contributed by atoms with Crippen molar-refractivity contribution in [3.63, 3.8) is 0 Å². The van der Waals surface area contributed by atoms with Crippen LogP contribution in [0, 0.1) is 11.3 Å². The van der Waals surface area contributed by atoms with E-state index in [1.165, 1.54) is 12.8 Å². The lowest BCUT2D eigenvalue weighted by Crippen LogP contribution is -2.43. The number of rotatable bonds is 6. The highest BCUT2D eigenvalue weighted by Crippen LogP contribution is 2.43. The Kier molecular flexibility index (Phi) is 5.24. The molecule has 1 fully saturated rings. The van der Waals surface area contributed by atoms with Crippen LogP contribution in [0.4, 0.5) is 0 Å². The second kappa shape index (κ2) is 6.08. The summed E-state index contributed by atoms with van der Waals surface area (Å²) in [6.07, 6.45) is 7.58. The zero-order valence-electron chi connectivity index (χ0n) is 12.8. The van der Waals surface area contributed by atoms with E-state index >= 15 is 0 Å². The predicted octanol–water partition coefficient (Wildman–Crippen LogP) is 4.71. The average molecular weight is 254 g/mol. The molecule has 0 N–H and O–H groups in total. The molecular formula is C16H30O2. The SMILES string of the molecule is CCC(CC)C1(OC(=O)C(C)(C)CC)CCCC1. The quantitative estimate of drug-likeness (QED) is 0.641. The Morgan fingerprint density at radius 3 is 2.06 bits per heavy atom. The van der Waals surface area contributed by atoms with Crippen LogP contribution in [0.2, 0.25) is 0 Å². The minimum Gasteiger partial charge on any atom is -0.458 e. The summed E-state index contributed by atoms with van der Waals surface area (Å²) in [6.45, 7) is 10.5. The Morgan fingerprint density at radius 2 is 1.67 bits per heavy atom. The van der Waals surface area contributed by atoms with E-state index in [0.29, 0.717) is 5.92 Å². The number of esters is 1. The molecule has 0 radical (unpaired) electrons. The molecule has 1 saturated carbocycles. The molecule has 0 amide bonds. The number of carbonyl (C=O) groups is 1. The van der Waals surface area contributed by atoms with E-state index in [9.17, 15) is 4.79 Å². The van der Waals surface area contributed by atoms with Gasteiger partial charge in [0.15, 0.2) is 0 Å². The van der Waals surface area contributed by atoms with Crippen molar-refractivity contribution in [2.45, 2.75) is 85.2 Å². The van der Waals surface area contributed by atoms with Crippen molar-refractivity contribution in [1.29, 1.82) is 0 Å². The van der Waals surface area contributed by atoms with E-state index < -0.39 is 0 Å². The fraction of sp³-hybridized carbons (Fsp3) is 0.938. The molecule has 2 heteroatoms. The maximum atomic E-state index is 12.4. The van der Waals surface area contributed by atoms with Crippen LogP contribution in [0.25, 0.3) is 0 Å². The first kappa shape index (κ1) is 15.5. The van der Waals surface area contributed by atoms with Gasteiger partial charge in [-0.15, -0.1) is 0 Å². The minimum atomic E-state index is -0.346. The second-order valence-electron chi connectivity index (χ2n) is 6.41. The van der Waals surface area contributed by atoms with Gasteiger partial charge in [-0.05, 0) is 64.7 Å². The fourth-order valence-corrected chi connectivity index (χ4v) is 3.07. The average Bonchev–Trinajstić information content (AvgIpc) is 2.80. The summed E-state index contributed by atoms with van der Waals surface area (Å²) >= 11 is 0. The van der Waals surface area contributed by atoms with E-state index in [0.717, 1.165) is 32.1 Å². The smallest absolute Gasteiger partial charge is 0.312 e. The fourth-order valence-electron chi connectivity index (χ4n) is 3.07. The van der Waals surface area contributed by atoms with Crippen LogP contribution >= 0.6 is 0 Å². The summed E-state index contributed by atoms with van der Waals surface area (Å²) in [5, 5.41) is 0. The first-order valence-electron chi connectivity index (χ1n) is 7.65. The summed E-state index contributed by atoms with van der Waals surface area (Å²) in [6, 6.07) is 0. The van der Waals surface area contributed by atoms with Gasteiger partial charge < -0.3 is 4.74 Å². The third-order valence-corrected chi connectivity index (χ3v) is 4.91. The number of ether oxygens (including phenoxy) is 1. The first-order chi connectivity index (χ1) is 8.41. The van der Waals surface area contributed by atoms with Crippen LogP contribution in [0.3, 0.4) is 0 Å². The van der Waals surface area contributed by atoms with Crippen molar-refractivity contribution in [2.24, 2.45) is 11.3 Å². The normalized spacial score (nSPS) is 19.2. The zero-order chi connectivity index (χ0) is 13.8. The van der Waals surface area contributed by atoms with Gasteiger partial charge in [0.05, 0.1) is 5.41 Å². The summed E-state index contributed by atoms with van der Waals surface area (Å²) in [7, 11) is 0. The van der Waals surface area contributed by atoms with E-state index in [1.807, 2.05) is 13.8 Å². The molecule has 0 aromatic heterocycles. The Bertz CT molecular complexity index is 271. The van der Waals surface area contributed by atoms with E-state index in [-0.39, 0.29) is 17.0 Å². The van der Waals surface area contributed by atoms with Crippen molar-refractivity contribution < 1.29 is 9.53 Å². The summed E-state index contributed by atoms with van der Waals surface area (Å²) in [5.74, 6) is 0.524. The van der Waals surface area contributed by atoms with Crippen LogP contribution < -0.4 is 0 Å². The Hall–Kier alpha value is -0.530. The van der Waals surface area contributed by atoms with Gasteiger partial charge in [-0.2, -0.15) is 0 Å². The summed E-state index contributed by atoms with van der Waals surface area (Å²) in [4.78, 5) is 12.4. The molecule has 1 aliphatic carbocycles. The lowest BCUT2D eigenvalue weighted by atomic mass is 9.81. The second-order valence-corrected chi connectivity index (χ2v) is 6.41. The summed E-state index contributed by atoms with van der Waals surface area (Å²) in [5.41, 5.74) is -0.505. The van der Waals surface area contributed by atoms with Crippen LogP contribution in [0.1, 0.15) is 79.6 Å². The van der Waals surface area contributed by atoms with E-state index in [2.05, 4.69) is 20.8 Å². The van der Waals surface area contributed by atoms with Gasteiger partial charge in [-0.1, -0.05) is 20.8 Å². The highest BCUT2D eigenvalue weighted by molar-refractivity contribution is 5.76. The highest BCUT2D eigenvalue weighted by Gasteiger charge is 2.45. The van der Waals surface area contributed by atoms with Crippen LogP contribution in [0.5, 0.6) is 0 Å². The largest absolute Gasteiger partial charge is 0.458 e. The van der Waals surface area contributed by atoms with Crippen molar-refractivity contribution >= 4 is 5.97 Å². The molecule has 0 heterocycles. The maximum Gasteiger partial charge on any atom is 0.312 e. The molecule has 0 aromatic carbocycles. The van der Waals surface area contributed by atoms with Gasteiger partial charge in [0.25, 0.3) is 0 Å². The van der Waals surface area contributed by atoms with Crippen LogP contribution in [-0.4, -0.2) is 11.6 Å². The molecule has 1 rings (SSSR count). The van der Waals surface area contributed by atoms with Gasteiger partial charge in [0.2, 0.25) is 0 Å². The molecule has 0 bridgehead atoms. The monoisotopic (exact) mass is 254 g/mol. The van der Waals surface area contributed by atoms with Gasteiger partial charge in [-0.25, -0.2) is 0 Å². The topological polar surface area (TPSA) is 26.3 Å². The molecule has 0 atom stereocenters. The number of carbonyl (C=O) groups excluding carboxylic acids is 1. The van der Waals surface area contributed by atoms with Gasteiger partial charge in [0.1, 0.15) is 5.60 Å². The lowest BCUT2D eigenvalue weighted by molar-refractivity contribution is -0.177. The van der Waals surface area contributed by atoms with Crippen molar-refractivity contribution in [1.82, 2.24) is 0 Å². The van der Waals surface area contributed by atoms with Gasteiger partial charge in [0, 0.05) is 0 Å². The number of hydrogen-bond acceptors (Lipinski definition) is 2. The van der Waals surface area contributed by atoms with Gasteiger partial charge in [-0.3, -0.25) is 4.79 Å². The molecule has 0 spiro atoms. The van der Waals surface area contributed by atoms with Crippen LogP contribution in [0.15, 0.2) is 0 Å². The predicted molar refractivity (Wildman–Crippen MR) is 75.4 cm³/mol.